The van der Waals surface area contributed by atoms with Crippen LogP contribution in [0.1, 0.15) is 44.1 Å². The third-order valence-electron chi connectivity index (χ3n) is 5.97. The van der Waals surface area contributed by atoms with E-state index in [-0.39, 0.29) is 0 Å². The molecule has 2 aliphatic heterocycles. The molecule has 0 aromatic carbocycles. The van der Waals surface area contributed by atoms with E-state index in [1.165, 1.54) is 31.2 Å². The summed E-state index contributed by atoms with van der Waals surface area (Å²) >= 11 is 0. The molecule has 1 N–H and O–H groups in total. The Kier molecular flexibility index (Phi) is 5.29. The second-order valence-corrected chi connectivity index (χ2v) is 7.90. The average Bonchev–Trinajstić information content (AvgIpc) is 3.40. The SMILES string of the molecule is CN=C(NCc1ccnc(OC2CCCC2)c1)N1CCC2(CCOC2)C1. The molecule has 1 atom stereocenters. The van der Waals surface area contributed by atoms with Crippen molar-refractivity contribution in [2.24, 2.45) is 10.4 Å². The summed E-state index contributed by atoms with van der Waals surface area (Å²) in [6.07, 6.45) is 9.39. The minimum atomic E-state index is 0.341. The van der Waals surface area contributed by atoms with Crippen molar-refractivity contribution in [3.05, 3.63) is 23.9 Å². The predicted octanol–water partition coefficient (Wildman–Crippen LogP) is 2.59. The van der Waals surface area contributed by atoms with Crippen LogP contribution in [0.15, 0.2) is 23.3 Å². The van der Waals surface area contributed by atoms with Crippen LogP contribution in [-0.2, 0) is 11.3 Å². The first-order valence-electron chi connectivity index (χ1n) is 9.91. The number of nitrogens with zero attached hydrogens (tertiary/aromatic N) is 3. The number of hydrogen-bond acceptors (Lipinski definition) is 4. The van der Waals surface area contributed by atoms with E-state index in [9.17, 15) is 0 Å². The van der Waals surface area contributed by atoms with Gasteiger partial charge >= 0.3 is 0 Å². The van der Waals surface area contributed by atoms with Crippen molar-refractivity contribution in [3.8, 4) is 5.88 Å². The van der Waals surface area contributed by atoms with Gasteiger partial charge < -0.3 is 19.7 Å². The van der Waals surface area contributed by atoms with Crippen LogP contribution in [0, 0.1) is 5.41 Å². The highest BCUT2D eigenvalue weighted by Gasteiger charge is 2.42. The van der Waals surface area contributed by atoms with Gasteiger partial charge in [0, 0.05) is 51.0 Å². The standard InChI is InChI=1S/C20H30N4O2/c1-21-19(24-10-7-20(14-24)8-11-25-15-20)23-13-16-6-9-22-18(12-16)26-17-4-2-3-5-17/h6,9,12,17H,2-5,7-8,10-11,13-15H2,1H3,(H,21,23). The first-order chi connectivity index (χ1) is 12.8. The van der Waals surface area contributed by atoms with Crippen LogP contribution < -0.4 is 10.1 Å². The number of aromatic nitrogens is 1. The van der Waals surface area contributed by atoms with Crippen molar-refractivity contribution < 1.29 is 9.47 Å². The molecule has 0 radical (unpaired) electrons. The minimum absolute atomic E-state index is 0.341. The lowest BCUT2D eigenvalue weighted by Gasteiger charge is -2.25. The maximum Gasteiger partial charge on any atom is 0.213 e. The van der Waals surface area contributed by atoms with Gasteiger partial charge in [-0.1, -0.05) is 0 Å². The molecule has 1 unspecified atom stereocenters. The third kappa shape index (κ3) is 3.95. The van der Waals surface area contributed by atoms with E-state index < -0.39 is 0 Å². The Morgan fingerprint density at radius 2 is 2.31 bits per heavy atom. The van der Waals surface area contributed by atoms with Gasteiger partial charge in [0.1, 0.15) is 6.10 Å². The molecule has 1 aromatic heterocycles. The fourth-order valence-corrected chi connectivity index (χ4v) is 4.40. The second-order valence-electron chi connectivity index (χ2n) is 7.90. The Labute approximate surface area is 156 Å². The lowest BCUT2D eigenvalue weighted by Crippen LogP contribution is -2.41. The number of nitrogens with one attached hydrogen (secondary N) is 1. The van der Waals surface area contributed by atoms with Gasteiger partial charge in [0.15, 0.2) is 5.96 Å². The summed E-state index contributed by atoms with van der Waals surface area (Å²) in [5, 5.41) is 3.51. The quantitative estimate of drug-likeness (QED) is 0.662. The maximum absolute atomic E-state index is 6.02. The van der Waals surface area contributed by atoms with Crippen LogP contribution in [-0.4, -0.2) is 55.3 Å². The summed E-state index contributed by atoms with van der Waals surface area (Å²) in [4.78, 5) is 11.2. The van der Waals surface area contributed by atoms with Crippen molar-refractivity contribution in [2.45, 2.75) is 51.2 Å². The molecule has 1 saturated carbocycles. The molecule has 1 aliphatic carbocycles. The molecule has 1 aromatic rings. The lowest BCUT2D eigenvalue weighted by molar-refractivity contribution is 0.156. The molecular formula is C20H30N4O2. The van der Waals surface area contributed by atoms with E-state index in [4.69, 9.17) is 9.47 Å². The zero-order valence-corrected chi connectivity index (χ0v) is 15.7. The smallest absolute Gasteiger partial charge is 0.213 e. The molecule has 6 heteroatoms. The number of likely N-dealkylation sites (tertiary alicyclic amines) is 1. The number of rotatable bonds is 4. The number of pyridine rings is 1. The predicted molar refractivity (Wildman–Crippen MR) is 101 cm³/mol. The Morgan fingerprint density at radius 3 is 3.08 bits per heavy atom. The van der Waals surface area contributed by atoms with Crippen LogP contribution in [0.25, 0.3) is 0 Å². The van der Waals surface area contributed by atoms with E-state index in [1.807, 2.05) is 19.3 Å². The van der Waals surface area contributed by atoms with E-state index in [0.717, 1.165) is 57.5 Å². The van der Waals surface area contributed by atoms with Gasteiger partial charge in [0.2, 0.25) is 5.88 Å². The summed E-state index contributed by atoms with van der Waals surface area (Å²) in [5.41, 5.74) is 1.52. The molecule has 0 bridgehead atoms. The van der Waals surface area contributed by atoms with Crippen LogP contribution in [0.5, 0.6) is 5.88 Å². The first-order valence-corrected chi connectivity index (χ1v) is 9.91. The molecule has 3 aliphatic rings. The summed E-state index contributed by atoms with van der Waals surface area (Å²) < 4.78 is 11.7. The van der Waals surface area contributed by atoms with E-state index >= 15 is 0 Å². The van der Waals surface area contributed by atoms with Gasteiger partial charge in [-0.15, -0.1) is 0 Å². The van der Waals surface area contributed by atoms with Crippen molar-refractivity contribution in [1.29, 1.82) is 0 Å². The fraction of sp³-hybridized carbons (Fsp3) is 0.700. The van der Waals surface area contributed by atoms with Gasteiger partial charge in [-0.2, -0.15) is 0 Å². The minimum Gasteiger partial charge on any atom is -0.474 e. The first kappa shape index (κ1) is 17.6. The highest BCUT2D eigenvalue weighted by Crippen LogP contribution is 2.38. The summed E-state index contributed by atoms with van der Waals surface area (Å²) in [7, 11) is 1.86. The lowest BCUT2D eigenvalue weighted by atomic mass is 9.87. The van der Waals surface area contributed by atoms with Crippen LogP contribution in [0.3, 0.4) is 0 Å². The Morgan fingerprint density at radius 1 is 1.42 bits per heavy atom. The van der Waals surface area contributed by atoms with Gasteiger partial charge in [-0.3, -0.25) is 4.99 Å². The fourth-order valence-electron chi connectivity index (χ4n) is 4.40. The topological polar surface area (TPSA) is 59.0 Å². The highest BCUT2D eigenvalue weighted by atomic mass is 16.5. The van der Waals surface area contributed by atoms with Gasteiger partial charge in [-0.05, 0) is 50.2 Å². The molecular weight excluding hydrogens is 328 g/mol. The molecule has 2 saturated heterocycles. The maximum atomic E-state index is 6.02. The van der Waals surface area contributed by atoms with Gasteiger partial charge in [-0.25, -0.2) is 4.98 Å². The zero-order chi connectivity index (χ0) is 17.8. The normalized spacial score (nSPS) is 26.8. The zero-order valence-electron chi connectivity index (χ0n) is 15.7. The monoisotopic (exact) mass is 358 g/mol. The molecule has 6 nitrogen and oxygen atoms in total. The van der Waals surface area contributed by atoms with Crippen molar-refractivity contribution in [3.63, 3.8) is 0 Å². The molecule has 4 rings (SSSR count). The number of guanidine groups is 1. The summed E-state index contributed by atoms with van der Waals surface area (Å²) in [5.74, 6) is 1.72. The van der Waals surface area contributed by atoms with Crippen LogP contribution in [0.2, 0.25) is 0 Å². The number of hydrogen-bond donors (Lipinski definition) is 1. The van der Waals surface area contributed by atoms with Crippen LogP contribution in [0.4, 0.5) is 0 Å². The highest BCUT2D eigenvalue weighted by molar-refractivity contribution is 5.80. The molecule has 3 fully saturated rings. The van der Waals surface area contributed by atoms with Crippen molar-refractivity contribution >= 4 is 5.96 Å². The molecule has 26 heavy (non-hydrogen) atoms. The molecule has 1 spiro atoms. The van der Waals surface area contributed by atoms with E-state index in [0.29, 0.717) is 11.5 Å². The average molecular weight is 358 g/mol. The van der Waals surface area contributed by atoms with Crippen LogP contribution >= 0.6 is 0 Å². The summed E-state index contributed by atoms with van der Waals surface area (Å²) in [6, 6.07) is 4.09. The van der Waals surface area contributed by atoms with Crippen molar-refractivity contribution in [1.82, 2.24) is 15.2 Å². The Hall–Kier alpha value is -1.82. The largest absolute Gasteiger partial charge is 0.474 e. The third-order valence-corrected chi connectivity index (χ3v) is 5.97. The molecule has 0 amide bonds. The van der Waals surface area contributed by atoms with Gasteiger partial charge in [0.05, 0.1) is 6.61 Å². The Bertz CT molecular complexity index is 636. The van der Waals surface area contributed by atoms with E-state index in [1.54, 1.807) is 0 Å². The number of ether oxygens (including phenoxy) is 2. The molecule has 142 valence electrons. The second kappa shape index (κ2) is 7.82. The van der Waals surface area contributed by atoms with E-state index in [2.05, 4.69) is 26.3 Å². The molecule has 3 heterocycles. The van der Waals surface area contributed by atoms with Crippen molar-refractivity contribution in [2.75, 3.05) is 33.4 Å². The Balaban J connectivity index is 1.32. The summed E-state index contributed by atoms with van der Waals surface area (Å²) in [6.45, 7) is 4.62. The van der Waals surface area contributed by atoms with Gasteiger partial charge in [0.25, 0.3) is 0 Å². The number of aliphatic imine (C=N–C) groups is 1.